The molecule has 1 heterocycles. The Morgan fingerprint density at radius 3 is 2.80 bits per heavy atom. The molecule has 6 heteroatoms. The van der Waals surface area contributed by atoms with E-state index in [2.05, 4.69) is 21.0 Å². The van der Waals surface area contributed by atoms with Crippen molar-refractivity contribution in [2.75, 3.05) is 6.54 Å². The first kappa shape index (κ1) is 15.4. The molecule has 1 aromatic heterocycles. The van der Waals surface area contributed by atoms with Gasteiger partial charge in [0.05, 0.1) is 15.9 Å². The molecule has 2 N–H and O–H groups in total. The van der Waals surface area contributed by atoms with Gasteiger partial charge in [0.1, 0.15) is 12.4 Å². The van der Waals surface area contributed by atoms with Crippen LogP contribution in [-0.4, -0.2) is 16.3 Å². The third-order valence-electron chi connectivity index (χ3n) is 3.10. The van der Waals surface area contributed by atoms with Gasteiger partial charge in [0.15, 0.2) is 0 Å². The van der Waals surface area contributed by atoms with Crippen LogP contribution in [0.2, 0.25) is 5.02 Å². The van der Waals surface area contributed by atoms with Gasteiger partial charge in [0.25, 0.3) is 0 Å². The Morgan fingerprint density at radius 1 is 1.45 bits per heavy atom. The molecule has 108 valence electrons. The normalized spacial score (nSPS) is 10.8. The van der Waals surface area contributed by atoms with Crippen molar-refractivity contribution < 1.29 is 4.74 Å². The SMILES string of the molecule is Cc1nn(C)c(COc2cccc(Cl)c2CCN)c1Br. The van der Waals surface area contributed by atoms with E-state index in [0.29, 0.717) is 24.6 Å². The van der Waals surface area contributed by atoms with Crippen LogP contribution in [0.25, 0.3) is 0 Å². The molecule has 0 spiro atoms. The van der Waals surface area contributed by atoms with Gasteiger partial charge in [0, 0.05) is 17.6 Å². The van der Waals surface area contributed by atoms with Crippen LogP contribution in [0.1, 0.15) is 17.0 Å². The van der Waals surface area contributed by atoms with Crippen molar-refractivity contribution in [3.05, 3.63) is 44.6 Å². The molecule has 0 saturated carbocycles. The van der Waals surface area contributed by atoms with E-state index < -0.39 is 0 Å². The van der Waals surface area contributed by atoms with Gasteiger partial charge in [-0.1, -0.05) is 17.7 Å². The minimum atomic E-state index is 0.426. The predicted molar refractivity (Wildman–Crippen MR) is 84.2 cm³/mol. The Hall–Kier alpha value is -1.04. The van der Waals surface area contributed by atoms with Gasteiger partial charge in [-0.05, 0) is 48.0 Å². The first-order valence-corrected chi connectivity index (χ1v) is 7.50. The van der Waals surface area contributed by atoms with E-state index in [1.807, 2.05) is 36.9 Å². The highest BCUT2D eigenvalue weighted by Crippen LogP contribution is 2.28. The Balaban J connectivity index is 2.21. The maximum absolute atomic E-state index is 6.19. The number of nitrogens with two attached hydrogens (primary N) is 1. The number of rotatable bonds is 5. The van der Waals surface area contributed by atoms with Crippen LogP contribution >= 0.6 is 27.5 Å². The summed E-state index contributed by atoms with van der Waals surface area (Å²) in [7, 11) is 1.90. The van der Waals surface area contributed by atoms with Crippen LogP contribution in [0, 0.1) is 6.92 Å². The third kappa shape index (κ3) is 3.16. The number of hydrogen-bond acceptors (Lipinski definition) is 3. The monoisotopic (exact) mass is 357 g/mol. The van der Waals surface area contributed by atoms with Crippen LogP contribution in [-0.2, 0) is 20.1 Å². The molecule has 2 rings (SSSR count). The molecule has 0 radical (unpaired) electrons. The maximum Gasteiger partial charge on any atom is 0.131 e. The molecule has 20 heavy (non-hydrogen) atoms. The van der Waals surface area contributed by atoms with Crippen molar-refractivity contribution in [1.29, 1.82) is 0 Å². The minimum absolute atomic E-state index is 0.426. The van der Waals surface area contributed by atoms with Crippen molar-refractivity contribution in [3.63, 3.8) is 0 Å². The lowest BCUT2D eigenvalue weighted by Crippen LogP contribution is -2.08. The van der Waals surface area contributed by atoms with Crippen molar-refractivity contribution in [2.24, 2.45) is 12.8 Å². The lowest BCUT2D eigenvalue weighted by atomic mass is 10.1. The molecule has 0 fully saturated rings. The van der Waals surface area contributed by atoms with E-state index in [0.717, 1.165) is 27.2 Å². The molecule has 2 aromatic rings. The van der Waals surface area contributed by atoms with Crippen molar-refractivity contribution >= 4 is 27.5 Å². The van der Waals surface area contributed by atoms with Crippen LogP contribution < -0.4 is 10.5 Å². The lowest BCUT2D eigenvalue weighted by Gasteiger charge is -2.12. The zero-order valence-electron chi connectivity index (χ0n) is 11.5. The fourth-order valence-electron chi connectivity index (χ4n) is 2.04. The molecular formula is C14H17BrClN3O. The van der Waals surface area contributed by atoms with E-state index in [-0.39, 0.29) is 0 Å². The Labute approximate surface area is 132 Å². The van der Waals surface area contributed by atoms with Gasteiger partial charge in [-0.2, -0.15) is 5.10 Å². The molecule has 0 aliphatic carbocycles. The molecule has 0 unspecified atom stereocenters. The van der Waals surface area contributed by atoms with Crippen LogP contribution in [0.4, 0.5) is 0 Å². The second kappa shape index (κ2) is 6.61. The van der Waals surface area contributed by atoms with Crippen LogP contribution in [0.15, 0.2) is 22.7 Å². The first-order valence-electron chi connectivity index (χ1n) is 6.32. The van der Waals surface area contributed by atoms with E-state index in [1.54, 1.807) is 0 Å². The number of ether oxygens (including phenoxy) is 1. The summed E-state index contributed by atoms with van der Waals surface area (Å²) in [6, 6.07) is 5.64. The summed E-state index contributed by atoms with van der Waals surface area (Å²) in [5.74, 6) is 0.772. The highest BCUT2D eigenvalue weighted by Gasteiger charge is 2.13. The molecule has 0 aliphatic heterocycles. The summed E-state index contributed by atoms with van der Waals surface area (Å²) in [5, 5.41) is 5.03. The Morgan fingerprint density at radius 2 is 2.20 bits per heavy atom. The summed E-state index contributed by atoms with van der Waals surface area (Å²) in [6.07, 6.45) is 0.695. The van der Waals surface area contributed by atoms with Gasteiger partial charge in [-0.3, -0.25) is 4.68 Å². The summed E-state index contributed by atoms with van der Waals surface area (Å²) in [4.78, 5) is 0. The summed E-state index contributed by atoms with van der Waals surface area (Å²) in [5.41, 5.74) is 8.50. The summed E-state index contributed by atoms with van der Waals surface area (Å²) >= 11 is 9.72. The Kier molecular flexibility index (Phi) is 5.07. The second-order valence-electron chi connectivity index (χ2n) is 4.51. The van der Waals surface area contributed by atoms with Gasteiger partial charge < -0.3 is 10.5 Å². The van der Waals surface area contributed by atoms with E-state index in [4.69, 9.17) is 22.1 Å². The van der Waals surface area contributed by atoms with Gasteiger partial charge in [0.2, 0.25) is 0 Å². The predicted octanol–water partition coefficient (Wildman–Crippen LogP) is 3.22. The van der Waals surface area contributed by atoms with Crippen LogP contribution in [0.5, 0.6) is 5.75 Å². The number of aryl methyl sites for hydroxylation is 2. The van der Waals surface area contributed by atoms with Gasteiger partial charge >= 0.3 is 0 Å². The van der Waals surface area contributed by atoms with Crippen molar-refractivity contribution in [1.82, 2.24) is 9.78 Å². The highest BCUT2D eigenvalue weighted by molar-refractivity contribution is 9.10. The topological polar surface area (TPSA) is 53.1 Å². The zero-order valence-corrected chi connectivity index (χ0v) is 13.8. The molecule has 4 nitrogen and oxygen atoms in total. The molecule has 0 amide bonds. The first-order chi connectivity index (χ1) is 9.54. The number of nitrogens with zero attached hydrogens (tertiary/aromatic N) is 2. The number of hydrogen-bond donors (Lipinski definition) is 1. The zero-order chi connectivity index (χ0) is 14.7. The molecular weight excluding hydrogens is 342 g/mol. The number of halogens is 2. The fourth-order valence-corrected chi connectivity index (χ4v) is 2.75. The van der Waals surface area contributed by atoms with Crippen molar-refractivity contribution in [3.8, 4) is 5.75 Å². The average Bonchev–Trinajstić information content (AvgIpc) is 2.65. The Bertz CT molecular complexity index is 613. The standard InChI is InChI=1S/C14H17BrClN3O/c1-9-14(15)12(19(2)18-9)8-20-13-5-3-4-11(16)10(13)6-7-17/h3-5H,6-8,17H2,1-2H3. The van der Waals surface area contributed by atoms with Crippen LogP contribution in [0.3, 0.4) is 0 Å². The molecule has 0 aliphatic rings. The van der Waals surface area contributed by atoms with Crippen molar-refractivity contribution in [2.45, 2.75) is 20.0 Å². The lowest BCUT2D eigenvalue weighted by molar-refractivity contribution is 0.291. The number of benzene rings is 1. The highest BCUT2D eigenvalue weighted by atomic mass is 79.9. The smallest absolute Gasteiger partial charge is 0.131 e. The molecule has 0 atom stereocenters. The van der Waals surface area contributed by atoms with E-state index >= 15 is 0 Å². The second-order valence-corrected chi connectivity index (χ2v) is 5.71. The third-order valence-corrected chi connectivity index (χ3v) is 4.48. The van der Waals surface area contributed by atoms with E-state index in [9.17, 15) is 0 Å². The fraction of sp³-hybridized carbons (Fsp3) is 0.357. The summed E-state index contributed by atoms with van der Waals surface area (Å²) in [6.45, 7) is 2.91. The average molecular weight is 359 g/mol. The quantitative estimate of drug-likeness (QED) is 0.893. The summed E-state index contributed by atoms with van der Waals surface area (Å²) < 4.78 is 8.69. The van der Waals surface area contributed by atoms with E-state index in [1.165, 1.54) is 0 Å². The molecule has 1 aromatic carbocycles. The molecule has 0 bridgehead atoms. The van der Waals surface area contributed by atoms with Gasteiger partial charge in [-0.25, -0.2) is 0 Å². The number of aromatic nitrogens is 2. The van der Waals surface area contributed by atoms with Gasteiger partial charge in [-0.15, -0.1) is 0 Å². The molecule has 0 saturated heterocycles. The maximum atomic E-state index is 6.19. The largest absolute Gasteiger partial charge is 0.487 e. The minimum Gasteiger partial charge on any atom is -0.487 e.